The standard InChI is InChI=1S/C29H41NO5/c1-3-4-5-6-7-8-9-10-11-12-13-14-15-20-34-28(32)24-16-18-25(19-17-24)30-22-26-27(31)21-23(2)35-29(26)33/h16-19,21-22,30H,3-15,20H2,1-2H3. The normalized spacial score (nSPS) is 14.6. The van der Waals surface area contributed by atoms with Crippen LogP contribution in [0.25, 0.3) is 0 Å². The van der Waals surface area contributed by atoms with Crippen LogP contribution in [0.5, 0.6) is 0 Å². The number of ether oxygens (including phenoxy) is 2. The van der Waals surface area contributed by atoms with Crippen molar-refractivity contribution in [1.82, 2.24) is 0 Å². The smallest absolute Gasteiger partial charge is 0.348 e. The van der Waals surface area contributed by atoms with Crippen molar-refractivity contribution < 1.29 is 23.9 Å². The van der Waals surface area contributed by atoms with Crippen LogP contribution >= 0.6 is 0 Å². The van der Waals surface area contributed by atoms with Crippen LogP contribution in [0.2, 0.25) is 0 Å². The lowest BCUT2D eigenvalue weighted by Gasteiger charge is -2.12. The van der Waals surface area contributed by atoms with Gasteiger partial charge in [0.1, 0.15) is 11.3 Å². The van der Waals surface area contributed by atoms with E-state index in [0.717, 1.165) is 12.8 Å². The Morgan fingerprint density at radius 1 is 0.857 bits per heavy atom. The second-order valence-electron chi connectivity index (χ2n) is 9.17. The molecule has 0 saturated heterocycles. The summed E-state index contributed by atoms with van der Waals surface area (Å²) in [6.45, 7) is 4.24. The molecule has 6 nitrogen and oxygen atoms in total. The Kier molecular flexibility index (Phi) is 13.5. The lowest BCUT2D eigenvalue weighted by molar-refractivity contribution is -0.137. The summed E-state index contributed by atoms with van der Waals surface area (Å²) in [4.78, 5) is 35.9. The van der Waals surface area contributed by atoms with Gasteiger partial charge in [-0.15, -0.1) is 0 Å². The van der Waals surface area contributed by atoms with Crippen LogP contribution in [0.3, 0.4) is 0 Å². The fourth-order valence-electron chi connectivity index (χ4n) is 3.95. The monoisotopic (exact) mass is 483 g/mol. The number of hydrogen-bond acceptors (Lipinski definition) is 6. The Balaban J connectivity index is 1.54. The summed E-state index contributed by atoms with van der Waals surface area (Å²) in [5.41, 5.74) is 1.03. The maximum atomic E-state index is 12.2. The zero-order valence-corrected chi connectivity index (χ0v) is 21.4. The summed E-state index contributed by atoms with van der Waals surface area (Å²) in [6, 6.07) is 6.69. The van der Waals surface area contributed by atoms with E-state index in [1.165, 1.54) is 82.9 Å². The first-order valence-corrected chi connectivity index (χ1v) is 13.2. The summed E-state index contributed by atoms with van der Waals surface area (Å²) >= 11 is 0. The minimum Gasteiger partial charge on any atom is -0.462 e. The van der Waals surface area contributed by atoms with E-state index in [-0.39, 0.29) is 17.3 Å². The molecule has 1 heterocycles. The predicted molar refractivity (Wildman–Crippen MR) is 139 cm³/mol. The number of allylic oxidation sites excluding steroid dienone is 2. The minimum atomic E-state index is -0.684. The Morgan fingerprint density at radius 3 is 1.94 bits per heavy atom. The number of cyclic esters (lactones) is 1. The predicted octanol–water partition coefficient (Wildman–Crippen LogP) is 7.26. The lowest BCUT2D eigenvalue weighted by Crippen LogP contribution is -2.20. The van der Waals surface area contributed by atoms with Crippen molar-refractivity contribution in [3.63, 3.8) is 0 Å². The molecular formula is C29H41NO5. The van der Waals surface area contributed by atoms with Crippen LogP contribution in [0.15, 0.2) is 47.9 Å². The highest BCUT2D eigenvalue weighted by molar-refractivity contribution is 6.23. The Labute approximate surface area is 210 Å². The van der Waals surface area contributed by atoms with Gasteiger partial charge in [0.05, 0.1) is 12.2 Å². The van der Waals surface area contributed by atoms with E-state index in [1.54, 1.807) is 31.2 Å². The molecule has 1 aromatic rings. The number of carbonyl (C=O) groups is 3. The van der Waals surface area contributed by atoms with E-state index in [1.807, 2.05) is 0 Å². The molecule has 0 atom stereocenters. The summed E-state index contributed by atoms with van der Waals surface area (Å²) in [7, 11) is 0. The van der Waals surface area contributed by atoms with Gasteiger partial charge in [-0.05, 0) is 37.6 Å². The van der Waals surface area contributed by atoms with Crippen LogP contribution in [0.1, 0.15) is 108 Å². The van der Waals surface area contributed by atoms with Gasteiger partial charge in [0.15, 0.2) is 5.78 Å². The van der Waals surface area contributed by atoms with Crippen LogP contribution in [-0.4, -0.2) is 24.3 Å². The van der Waals surface area contributed by atoms with Gasteiger partial charge in [-0.1, -0.05) is 84.0 Å². The number of hydrogen-bond donors (Lipinski definition) is 1. The Hall–Kier alpha value is -2.89. The maximum absolute atomic E-state index is 12.2. The van der Waals surface area contributed by atoms with Gasteiger partial charge in [-0.2, -0.15) is 0 Å². The lowest BCUT2D eigenvalue weighted by atomic mass is 10.0. The molecule has 1 aliphatic heterocycles. The van der Waals surface area contributed by atoms with E-state index >= 15 is 0 Å². The van der Waals surface area contributed by atoms with Crippen molar-refractivity contribution >= 4 is 23.4 Å². The third-order valence-electron chi connectivity index (χ3n) is 6.06. The molecule has 1 aromatic carbocycles. The number of benzene rings is 1. The van der Waals surface area contributed by atoms with E-state index in [4.69, 9.17) is 9.47 Å². The highest BCUT2D eigenvalue weighted by Gasteiger charge is 2.24. The second-order valence-corrected chi connectivity index (χ2v) is 9.17. The molecule has 35 heavy (non-hydrogen) atoms. The largest absolute Gasteiger partial charge is 0.462 e. The summed E-state index contributed by atoms with van der Waals surface area (Å²) in [6.07, 6.45) is 19.2. The van der Waals surface area contributed by atoms with Gasteiger partial charge in [-0.25, -0.2) is 9.59 Å². The molecule has 0 bridgehead atoms. The van der Waals surface area contributed by atoms with E-state index in [9.17, 15) is 14.4 Å². The van der Waals surface area contributed by atoms with Crippen LogP contribution < -0.4 is 5.32 Å². The number of nitrogens with one attached hydrogen (secondary N) is 1. The number of esters is 2. The quantitative estimate of drug-likeness (QED) is 0.109. The number of ketones is 1. The summed E-state index contributed by atoms with van der Waals surface area (Å²) in [5.74, 6) is -1.16. The third-order valence-corrected chi connectivity index (χ3v) is 6.06. The second kappa shape index (κ2) is 16.7. The van der Waals surface area contributed by atoms with Gasteiger partial charge in [-0.3, -0.25) is 4.79 Å². The van der Waals surface area contributed by atoms with Crippen molar-refractivity contribution in [3.05, 3.63) is 53.4 Å². The maximum Gasteiger partial charge on any atom is 0.348 e. The Bertz CT molecular complexity index is 870. The molecule has 0 amide bonds. The molecule has 0 aromatic heterocycles. The van der Waals surface area contributed by atoms with Crippen LogP contribution in [0, 0.1) is 0 Å². The molecule has 0 radical (unpaired) electrons. The van der Waals surface area contributed by atoms with E-state index < -0.39 is 11.8 Å². The van der Waals surface area contributed by atoms with Gasteiger partial charge in [0.25, 0.3) is 0 Å². The fourth-order valence-corrected chi connectivity index (χ4v) is 3.95. The van der Waals surface area contributed by atoms with Crippen molar-refractivity contribution in [2.45, 2.75) is 97.3 Å². The zero-order valence-electron chi connectivity index (χ0n) is 21.4. The first kappa shape index (κ1) is 28.3. The van der Waals surface area contributed by atoms with Crippen molar-refractivity contribution in [2.24, 2.45) is 0 Å². The van der Waals surface area contributed by atoms with Gasteiger partial charge in [0.2, 0.25) is 0 Å². The number of anilines is 1. The topological polar surface area (TPSA) is 81.7 Å². The summed E-state index contributed by atoms with van der Waals surface area (Å²) < 4.78 is 10.3. The van der Waals surface area contributed by atoms with Crippen molar-refractivity contribution in [3.8, 4) is 0 Å². The molecule has 1 aliphatic rings. The average molecular weight is 484 g/mol. The Morgan fingerprint density at radius 2 is 1.40 bits per heavy atom. The SMILES string of the molecule is CCCCCCCCCCCCCCCOC(=O)c1ccc(NC=C2C(=O)C=C(C)OC2=O)cc1. The molecule has 0 unspecified atom stereocenters. The first-order valence-electron chi connectivity index (χ1n) is 13.2. The average Bonchev–Trinajstić information content (AvgIpc) is 2.84. The first-order chi connectivity index (χ1) is 17.0. The number of unbranched alkanes of at least 4 members (excludes halogenated alkanes) is 12. The molecule has 0 saturated carbocycles. The minimum absolute atomic E-state index is 0.0723. The van der Waals surface area contributed by atoms with Gasteiger partial charge < -0.3 is 14.8 Å². The molecular weight excluding hydrogens is 442 g/mol. The van der Waals surface area contributed by atoms with E-state index in [2.05, 4.69) is 12.2 Å². The fraction of sp³-hybridized carbons (Fsp3) is 0.552. The molecule has 2 rings (SSSR count). The summed E-state index contributed by atoms with van der Waals surface area (Å²) in [5, 5.41) is 2.89. The molecule has 0 spiro atoms. The molecule has 6 heteroatoms. The van der Waals surface area contributed by atoms with Crippen LogP contribution in [-0.2, 0) is 19.1 Å². The highest BCUT2D eigenvalue weighted by atomic mass is 16.5. The molecule has 192 valence electrons. The molecule has 0 fully saturated rings. The van der Waals surface area contributed by atoms with Gasteiger partial charge in [0, 0.05) is 18.0 Å². The van der Waals surface area contributed by atoms with Crippen molar-refractivity contribution in [1.29, 1.82) is 0 Å². The van der Waals surface area contributed by atoms with Crippen LogP contribution in [0.4, 0.5) is 5.69 Å². The number of carbonyl (C=O) groups excluding carboxylic acids is 3. The van der Waals surface area contributed by atoms with Gasteiger partial charge >= 0.3 is 11.9 Å². The van der Waals surface area contributed by atoms with E-state index in [0.29, 0.717) is 17.9 Å². The third kappa shape index (κ3) is 11.4. The molecule has 0 aliphatic carbocycles. The van der Waals surface area contributed by atoms with Crippen molar-refractivity contribution in [2.75, 3.05) is 11.9 Å². The highest BCUT2D eigenvalue weighted by Crippen LogP contribution is 2.16. The molecule has 1 N–H and O–H groups in total. The number of rotatable bonds is 17. The zero-order chi connectivity index (χ0) is 25.3.